The highest BCUT2D eigenvalue weighted by Gasteiger charge is 2.24. The summed E-state index contributed by atoms with van der Waals surface area (Å²) in [7, 11) is 4.02. The van der Waals surface area contributed by atoms with Gasteiger partial charge in [0.15, 0.2) is 0 Å². The van der Waals surface area contributed by atoms with Gasteiger partial charge in [-0.15, -0.1) is 0 Å². The van der Waals surface area contributed by atoms with Gasteiger partial charge in [0.25, 0.3) is 0 Å². The molecule has 0 saturated carbocycles. The van der Waals surface area contributed by atoms with E-state index in [1.807, 2.05) is 14.1 Å². The van der Waals surface area contributed by atoms with Crippen molar-refractivity contribution in [3.8, 4) is 0 Å². The maximum Gasteiger partial charge on any atom is 0.138 e. The van der Waals surface area contributed by atoms with E-state index in [4.69, 9.17) is 0 Å². The number of rotatable bonds is 4. The number of Topliss-reactive ketones (excluding diaryl/α,β-unsaturated/α-hetero) is 1. The van der Waals surface area contributed by atoms with Crippen molar-refractivity contribution in [3.63, 3.8) is 0 Å². The molecule has 0 aliphatic carbocycles. The Morgan fingerprint density at radius 3 is 2.80 bits per heavy atom. The summed E-state index contributed by atoms with van der Waals surface area (Å²) < 4.78 is 26.6. The molecule has 5 heteroatoms. The molecule has 1 aromatic carbocycles. The lowest BCUT2D eigenvalue weighted by Crippen LogP contribution is -2.50. The zero-order chi connectivity index (χ0) is 14.7. The quantitative estimate of drug-likeness (QED) is 0.840. The largest absolute Gasteiger partial charge is 0.304 e. The number of benzene rings is 1. The van der Waals surface area contributed by atoms with Crippen LogP contribution in [0.25, 0.3) is 0 Å². The van der Waals surface area contributed by atoms with Gasteiger partial charge in [-0.05, 0) is 37.9 Å². The molecule has 0 radical (unpaired) electrons. The first-order valence-corrected chi connectivity index (χ1v) is 6.80. The third kappa shape index (κ3) is 3.84. The molecule has 0 aromatic heterocycles. The summed E-state index contributed by atoms with van der Waals surface area (Å²) in [5, 5.41) is 0. The predicted molar refractivity (Wildman–Crippen MR) is 73.6 cm³/mol. The Balaban J connectivity index is 1.96. The molecule has 0 N–H and O–H groups in total. The van der Waals surface area contributed by atoms with E-state index in [2.05, 4.69) is 9.80 Å². The van der Waals surface area contributed by atoms with Crippen molar-refractivity contribution < 1.29 is 13.6 Å². The normalized spacial score (nSPS) is 21.1. The number of piperazine rings is 1. The number of hydrogen-bond donors (Lipinski definition) is 0. The number of ketones is 1. The Morgan fingerprint density at radius 2 is 2.05 bits per heavy atom. The number of nitrogens with zero attached hydrogens (tertiary/aromatic N) is 2. The van der Waals surface area contributed by atoms with Crippen LogP contribution in [0.5, 0.6) is 0 Å². The van der Waals surface area contributed by atoms with E-state index < -0.39 is 11.6 Å². The van der Waals surface area contributed by atoms with Crippen LogP contribution in [0.15, 0.2) is 18.2 Å². The van der Waals surface area contributed by atoms with Crippen LogP contribution in [0.4, 0.5) is 8.78 Å². The molecule has 3 nitrogen and oxygen atoms in total. The zero-order valence-corrected chi connectivity index (χ0v) is 11.9. The Labute approximate surface area is 118 Å². The van der Waals surface area contributed by atoms with Crippen molar-refractivity contribution >= 4 is 5.78 Å². The lowest BCUT2D eigenvalue weighted by atomic mass is 10.0. The van der Waals surface area contributed by atoms with Gasteiger partial charge in [0.1, 0.15) is 17.4 Å². The molecule has 20 heavy (non-hydrogen) atoms. The SMILES string of the molecule is CN1CCN(C)C(CC(=O)Cc2cc(F)ccc2F)C1. The maximum absolute atomic E-state index is 13.5. The van der Waals surface area contributed by atoms with Crippen LogP contribution < -0.4 is 0 Å². The van der Waals surface area contributed by atoms with Crippen LogP contribution in [-0.2, 0) is 11.2 Å². The molecule has 1 saturated heterocycles. The fourth-order valence-corrected chi connectivity index (χ4v) is 2.55. The van der Waals surface area contributed by atoms with Crippen molar-refractivity contribution in [2.24, 2.45) is 0 Å². The first-order valence-electron chi connectivity index (χ1n) is 6.80. The van der Waals surface area contributed by atoms with Gasteiger partial charge in [-0.1, -0.05) is 0 Å². The van der Waals surface area contributed by atoms with Crippen LogP contribution in [0.3, 0.4) is 0 Å². The number of halogens is 2. The lowest BCUT2D eigenvalue weighted by molar-refractivity contribution is -0.120. The van der Waals surface area contributed by atoms with Gasteiger partial charge in [-0.2, -0.15) is 0 Å². The highest BCUT2D eigenvalue weighted by molar-refractivity contribution is 5.81. The average Bonchev–Trinajstić information content (AvgIpc) is 2.38. The molecule has 0 bridgehead atoms. The Bertz CT molecular complexity index is 493. The summed E-state index contributed by atoms with van der Waals surface area (Å²) in [5.41, 5.74) is 0.141. The summed E-state index contributed by atoms with van der Waals surface area (Å²) in [6, 6.07) is 3.38. The Morgan fingerprint density at radius 1 is 1.30 bits per heavy atom. The number of likely N-dealkylation sites (N-methyl/N-ethyl adjacent to an activating group) is 2. The molecule has 2 rings (SSSR count). The minimum absolute atomic E-state index is 0.0440. The minimum atomic E-state index is -0.520. The second kappa shape index (κ2) is 6.41. The fraction of sp³-hybridized carbons (Fsp3) is 0.533. The summed E-state index contributed by atoms with van der Waals surface area (Å²) in [4.78, 5) is 16.4. The monoisotopic (exact) mass is 282 g/mol. The second-order valence-electron chi connectivity index (χ2n) is 5.55. The molecule has 1 aromatic rings. The molecule has 1 fully saturated rings. The first kappa shape index (κ1) is 15.1. The highest BCUT2D eigenvalue weighted by Crippen LogP contribution is 2.15. The molecule has 1 aliphatic rings. The van der Waals surface area contributed by atoms with E-state index in [9.17, 15) is 13.6 Å². The van der Waals surface area contributed by atoms with Crippen molar-refractivity contribution in [1.29, 1.82) is 0 Å². The van der Waals surface area contributed by atoms with E-state index in [-0.39, 0.29) is 23.8 Å². The molecule has 1 atom stereocenters. The van der Waals surface area contributed by atoms with Gasteiger partial charge in [0, 0.05) is 38.5 Å². The topological polar surface area (TPSA) is 23.6 Å². The number of hydrogen-bond acceptors (Lipinski definition) is 3. The average molecular weight is 282 g/mol. The molecule has 0 amide bonds. The first-order chi connectivity index (χ1) is 9.45. The van der Waals surface area contributed by atoms with Gasteiger partial charge < -0.3 is 9.80 Å². The summed E-state index contributed by atoms with van der Waals surface area (Å²) in [5.74, 6) is -1.08. The van der Waals surface area contributed by atoms with E-state index in [0.29, 0.717) is 6.42 Å². The molecule has 1 unspecified atom stereocenters. The Hall–Kier alpha value is -1.33. The van der Waals surface area contributed by atoms with Gasteiger partial charge in [0.2, 0.25) is 0 Å². The summed E-state index contributed by atoms with van der Waals surface area (Å²) >= 11 is 0. The molecule has 1 aliphatic heterocycles. The number of carbonyl (C=O) groups excluding carboxylic acids is 1. The van der Waals surface area contributed by atoms with Crippen molar-refractivity contribution in [2.75, 3.05) is 33.7 Å². The van der Waals surface area contributed by atoms with Crippen molar-refractivity contribution in [3.05, 3.63) is 35.4 Å². The molecular formula is C15H20F2N2O. The van der Waals surface area contributed by atoms with E-state index >= 15 is 0 Å². The van der Waals surface area contributed by atoms with E-state index in [1.165, 1.54) is 0 Å². The van der Waals surface area contributed by atoms with Crippen molar-refractivity contribution in [1.82, 2.24) is 9.80 Å². The van der Waals surface area contributed by atoms with Gasteiger partial charge in [-0.3, -0.25) is 4.79 Å². The molecule has 110 valence electrons. The third-order valence-corrected chi connectivity index (χ3v) is 3.84. The third-order valence-electron chi connectivity index (χ3n) is 3.84. The zero-order valence-electron chi connectivity index (χ0n) is 11.9. The van der Waals surface area contributed by atoms with Gasteiger partial charge >= 0.3 is 0 Å². The van der Waals surface area contributed by atoms with Crippen LogP contribution in [0, 0.1) is 11.6 Å². The second-order valence-corrected chi connectivity index (χ2v) is 5.55. The fourth-order valence-electron chi connectivity index (χ4n) is 2.55. The highest BCUT2D eigenvalue weighted by atomic mass is 19.1. The van der Waals surface area contributed by atoms with Crippen molar-refractivity contribution in [2.45, 2.75) is 18.9 Å². The Kier molecular flexibility index (Phi) is 4.83. The minimum Gasteiger partial charge on any atom is -0.304 e. The molecule has 1 heterocycles. The molecular weight excluding hydrogens is 262 g/mol. The van der Waals surface area contributed by atoms with Crippen LogP contribution >= 0.6 is 0 Å². The van der Waals surface area contributed by atoms with Crippen LogP contribution in [0.1, 0.15) is 12.0 Å². The number of carbonyl (C=O) groups is 1. The van der Waals surface area contributed by atoms with Gasteiger partial charge in [-0.25, -0.2) is 8.78 Å². The van der Waals surface area contributed by atoms with Crippen LogP contribution in [-0.4, -0.2) is 55.4 Å². The maximum atomic E-state index is 13.5. The van der Waals surface area contributed by atoms with Gasteiger partial charge in [0.05, 0.1) is 0 Å². The predicted octanol–water partition coefficient (Wildman–Crippen LogP) is 1.71. The van der Waals surface area contributed by atoms with Crippen LogP contribution in [0.2, 0.25) is 0 Å². The summed E-state index contributed by atoms with van der Waals surface area (Å²) in [6.45, 7) is 2.73. The lowest BCUT2D eigenvalue weighted by Gasteiger charge is -2.37. The summed E-state index contributed by atoms with van der Waals surface area (Å²) in [6.07, 6.45) is 0.328. The molecule has 0 spiro atoms. The van der Waals surface area contributed by atoms with E-state index in [0.717, 1.165) is 37.8 Å². The van der Waals surface area contributed by atoms with E-state index in [1.54, 1.807) is 0 Å². The smallest absolute Gasteiger partial charge is 0.138 e. The standard InChI is InChI=1S/C15H20F2N2O/c1-18-5-6-19(2)13(10-18)9-14(20)8-11-7-12(16)3-4-15(11)17/h3-4,7,13H,5-6,8-10H2,1-2H3.